The van der Waals surface area contributed by atoms with Crippen molar-refractivity contribution in [2.24, 2.45) is 11.8 Å². The molecule has 1 saturated carbocycles. The van der Waals surface area contributed by atoms with E-state index >= 15 is 0 Å². The van der Waals surface area contributed by atoms with E-state index in [0.717, 1.165) is 12.0 Å². The molecule has 0 spiro atoms. The number of carboxylic acids is 1. The second kappa shape index (κ2) is 10.8. The van der Waals surface area contributed by atoms with Crippen molar-refractivity contribution in [3.05, 3.63) is 53.9 Å². The van der Waals surface area contributed by atoms with E-state index in [1.165, 1.54) is 24.3 Å². The summed E-state index contributed by atoms with van der Waals surface area (Å²) in [6, 6.07) is 5.41. The Labute approximate surface area is 164 Å². The number of aliphatic hydroxyl groups is 1. The summed E-state index contributed by atoms with van der Waals surface area (Å²) in [6.07, 6.45) is 7.49. The van der Waals surface area contributed by atoms with Crippen LogP contribution in [0.15, 0.2) is 48.1 Å². The van der Waals surface area contributed by atoms with Crippen LogP contribution in [0.4, 0.5) is 4.39 Å². The molecule has 2 N–H and O–H groups in total. The lowest BCUT2D eigenvalue weighted by Crippen LogP contribution is -2.18. The second-order valence-corrected chi connectivity index (χ2v) is 7.07. The Morgan fingerprint density at radius 2 is 1.96 bits per heavy atom. The molecule has 1 aromatic carbocycles. The molecule has 6 heteroatoms. The van der Waals surface area contributed by atoms with Crippen molar-refractivity contribution in [2.75, 3.05) is 0 Å². The van der Waals surface area contributed by atoms with Gasteiger partial charge in [-0.1, -0.05) is 17.7 Å². The van der Waals surface area contributed by atoms with Gasteiger partial charge in [0.2, 0.25) is 6.29 Å². The smallest absolute Gasteiger partial charge is 0.303 e. The third-order valence-electron chi connectivity index (χ3n) is 5.00. The molecule has 0 aromatic heterocycles. The number of rotatable bonds is 10. The van der Waals surface area contributed by atoms with Gasteiger partial charge in [0.05, 0.1) is 0 Å². The Morgan fingerprint density at radius 3 is 2.64 bits per heavy atom. The minimum Gasteiger partial charge on any atom is -0.481 e. The number of halogens is 1. The summed E-state index contributed by atoms with van der Waals surface area (Å²) in [7, 11) is 0. The summed E-state index contributed by atoms with van der Waals surface area (Å²) in [5, 5.41) is 18.8. The first-order valence-electron chi connectivity index (χ1n) is 9.55. The Balaban J connectivity index is 1.89. The summed E-state index contributed by atoms with van der Waals surface area (Å²) in [5.74, 6) is -0.644. The van der Waals surface area contributed by atoms with Crippen molar-refractivity contribution in [1.29, 1.82) is 0 Å². The van der Waals surface area contributed by atoms with E-state index in [0.29, 0.717) is 31.4 Å². The minimum absolute atomic E-state index is 0.0615. The van der Waals surface area contributed by atoms with E-state index in [1.54, 1.807) is 6.08 Å². The summed E-state index contributed by atoms with van der Waals surface area (Å²) in [6.45, 7) is 1.89. The highest BCUT2D eigenvalue weighted by molar-refractivity contribution is 5.84. The van der Waals surface area contributed by atoms with E-state index < -0.39 is 12.3 Å². The predicted octanol–water partition coefficient (Wildman–Crippen LogP) is 4.27. The number of benzene rings is 1. The topological polar surface area (TPSA) is 83.8 Å². The van der Waals surface area contributed by atoms with Gasteiger partial charge >= 0.3 is 5.97 Å². The molecular formula is C22H27FO5. The van der Waals surface area contributed by atoms with Gasteiger partial charge in [-0.05, 0) is 68.9 Å². The molecule has 0 radical (unpaired) electrons. The van der Waals surface area contributed by atoms with E-state index in [1.807, 2.05) is 19.1 Å². The van der Waals surface area contributed by atoms with Gasteiger partial charge in [-0.3, -0.25) is 9.59 Å². The van der Waals surface area contributed by atoms with Crippen LogP contribution in [0, 0.1) is 17.7 Å². The van der Waals surface area contributed by atoms with Crippen LogP contribution in [0.2, 0.25) is 0 Å². The normalized spacial score (nSPS) is 21.2. The first kappa shape index (κ1) is 21.8. The first-order valence-corrected chi connectivity index (χ1v) is 9.55. The molecule has 5 nitrogen and oxygen atoms in total. The number of carbonyl (C=O) groups excluding carboxylic acids is 1. The van der Waals surface area contributed by atoms with Crippen LogP contribution >= 0.6 is 0 Å². The molecule has 28 heavy (non-hydrogen) atoms. The van der Waals surface area contributed by atoms with E-state index in [-0.39, 0.29) is 29.9 Å². The molecule has 1 aliphatic carbocycles. The number of carboxylic acid groups (broad SMARTS) is 1. The molecule has 3 atom stereocenters. The van der Waals surface area contributed by atoms with E-state index in [2.05, 4.69) is 0 Å². The average Bonchev–Trinajstić information content (AvgIpc) is 3.00. The van der Waals surface area contributed by atoms with Gasteiger partial charge in [0.25, 0.3) is 0 Å². The van der Waals surface area contributed by atoms with Crippen LogP contribution in [-0.2, 0) is 9.59 Å². The first-order chi connectivity index (χ1) is 13.4. The summed E-state index contributed by atoms with van der Waals surface area (Å²) in [5.41, 5.74) is 0.903. The van der Waals surface area contributed by atoms with Crippen LogP contribution in [0.1, 0.15) is 45.4 Å². The predicted molar refractivity (Wildman–Crippen MR) is 103 cm³/mol. The lowest BCUT2D eigenvalue weighted by atomic mass is 9.85. The number of ketones is 1. The van der Waals surface area contributed by atoms with Crippen LogP contribution in [0.5, 0.6) is 5.75 Å². The Morgan fingerprint density at radius 1 is 1.29 bits per heavy atom. The third kappa shape index (κ3) is 6.93. The van der Waals surface area contributed by atoms with Gasteiger partial charge in [-0.2, -0.15) is 0 Å². The Bertz CT molecular complexity index is 723. The maximum atomic E-state index is 12.9. The molecule has 1 fully saturated rings. The number of carbonyl (C=O) groups is 2. The molecule has 0 saturated heterocycles. The zero-order valence-electron chi connectivity index (χ0n) is 16.0. The fraction of sp³-hybridized carbons (Fsp3) is 0.455. The lowest BCUT2D eigenvalue weighted by Gasteiger charge is -2.20. The van der Waals surface area contributed by atoms with Gasteiger partial charge in [0.1, 0.15) is 17.3 Å². The minimum atomic E-state index is -1.17. The van der Waals surface area contributed by atoms with Gasteiger partial charge in [0.15, 0.2) is 0 Å². The highest BCUT2D eigenvalue weighted by Crippen LogP contribution is 2.37. The van der Waals surface area contributed by atoms with Gasteiger partial charge in [0, 0.05) is 18.8 Å². The molecule has 0 heterocycles. The molecular weight excluding hydrogens is 363 g/mol. The van der Waals surface area contributed by atoms with E-state index in [9.17, 15) is 19.1 Å². The molecule has 0 bridgehead atoms. The van der Waals surface area contributed by atoms with Crippen molar-refractivity contribution in [3.63, 3.8) is 0 Å². The van der Waals surface area contributed by atoms with Gasteiger partial charge in [-0.25, -0.2) is 4.39 Å². The zero-order chi connectivity index (χ0) is 20.5. The maximum absolute atomic E-state index is 12.9. The number of aliphatic carboxylic acids is 1. The summed E-state index contributed by atoms with van der Waals surface area (Å²) in [4.78, 5) is 22.7. The van der Waals surface area contributed by atoms with Crippen LogP contribution in [0.3, 0.4) is 0 Å². The number of Topliss-reactive ketones (excluding diaryl/α,β-unsaturated/α-hetero) is 1. The summed E-state index contributed by atoms with van der Waals surface area (Å²) >= 11 is 0. The highest BCUT2D eigenvalue weighted by Gasteiger charge is 2.34. The largest absolute Gasteiger partial charge is 0.481 e. The van der Waals surface area contributed by atoms with Gasteiger partial charge in [-0.15, -0.1) is 0 Å². The number of hydrogen-bond acceptors (Lipinski definition) is 4. The van der Waals surface area contributed by atoms with E-state index in [4.69, 9.17) is 9.84 Å². The van der Waals surface area contributed by atoms with Crippen molar-refractivity contribution in [1.82, 2.24) is 0 Å². The quantitative estimate of drug-likeness (QED) is 0.460. The summed E-state index contributed by atoms with van der Waals surface area (Å²) < 4.78 is 18.3. The average molecular weight is 390 g/mol. The molecule has 2 rings (SSSR count). The SMILES string of the molecule is CC(=CC(O)Oc1ccc(F)cc1)C1CCC(=O)C1CCC=CCCC(=O)O. The molecule has 0 amide bonds. The van der Waals surface area contributed by atoms with Crippen molar-refractivity contribution >= 4 is 11.8 Å². The Kier molecular flexibility index (Phi) is 8.39. The van der Waals surface area contributed by atoms with Gasteiger partial charge < -0.3 is 14.9 Å². The second-order valence-electron chi connectivity index (χ2n) is 7.07. The third-order valence-corrected chi connectivity index (χ3v) is 5.00. The molecule has 152 valence electrons. The van der Waals surface area contributed by atoms with Crippen molar-refractivity contribution in [2.45, 2.75) is 51.7 Å². The van der Waals surface area contributed by atoms with Crippen LogP contribution in [-0.4, -0.2) is 28.3 Å². The van der Waals surface area contributed by atoms with Crippen molar-refractivity contribution in [3.8, 4) is 5.75 Å². The highest BCUT2D eigenvalue weighted by atomic mass is 19.1. The molecule has 3 unspecified atom stereocenters. The number of aliphatic hydroxyl groups excluding tert-OH is 1. The van der Waals surface area contributed by atoms with Crippen molar-refractivity contribution < 1.29 is 28.9 Å². The zero-order valence-corrected chi connectivity index (χ0v) is 16.0. The maximum Gasteiger partial charge on any atom is 0.303 e. The lowest BCUT2D eigenvalue weighted by molar-refractivity contribution is -0.136. The molecule has 1 aromatic rings. The fourth-order valence-electron chi connectivity index (χ4n) is 3.57. The Hall–Kier alpha value is -2.47. The number of ether oxygens (including phenoxy) is 1. The standard InChI is InChI=1S/C22H27FO5/c1-15(14-22(27)28-17-10-8-16(23)9-11-17)18-12-13-20(24)19(18)6-4-2-3-5-7-21(25)26/h2-3,8-11,14,18-19,22,27H,4-7,12-13H2,1H3,(H,25,26). The fourth-order valence-corrected chi connectivity index (χ4v) is 3.57. The molecule has 0 aliphatic heterocycles. The monoisotopic (exact) mass is 390 g/mol. The van der Waals surface area contributed by atoms with Crippen LogP contribution < -0.4 is 4.74 Å². The molecule has 1 aliphatic rings. The van der Waals surface area contributed by atoms with Crippen LogP contribution in [0.25, 0.3) is 0 Å². The number of allylic oxidation sites excluding steroid dienone is 3. The number of hydrogen-bond donors (Lipinski definition) is 2.